The van der Waals surface area contributed by atoms with Gasteiger partial charge in [-0.1, -0.05) is 55.1 Å². The van der Waals surface area contributed by atoms with E-state index in [9.17, 15) is 4.79 Å². The van der Waals surface area contributed by atoms with Crippen molar-refractivity contribution in [3.05, 3.63) is 83.4 Å². The topological polar surface area (TPSA) is 20.3 Å². The predicted octanol–water partition coefficient (Wildman–Crippen LogP) is 5.12. The second-order valence-corrected chi connectivity index (χ2v) is 6.54. The molecule has 2 aliphatic rings. The number of hydrogen-bond donors (Lipinski definition) is 0. The Morgan fingerprint density at radius 3 is 2.42 bits per heavy atom. The molecule has 2 aromatic rings. The molecule has 0 bridgehead atoms. The summed E-state index contributed by atoms with van der Waals surface area (Å²) < 4.78 is 0. The van der Waals surface area contributed by atoms with E-state index in [1.54, 1.807) is 0 Å². The van der Waals surface area contributed by atoms with Gasteiger partial charge in [-0.25, -0.2) is 0 Å². The Labute approximate surface area is 143 Å². The van der Waals surface area contributed by atoms with Gasteiger partial charge >= 0.3 is 0 Å². The van der Waals surface area contributed by atoms with Crippen molar-refractivity contribution in [1.82, 2.24) is 0 Å². The smallest absolute Gasteiger partial charge is 0.236 e. The van der Waals surface area contributed by atoms with Gasteiger partial charge in [-0.05, 0) is 54.0 Å². The standard InChI is InChI=1S/C22H21NO/c1-16-9-5-7-13-19(16)22(17-10-3-2-4-11-17)23-20-14-8-6-12-18(20)15-21(23)24/h2-4,6,8,10-12,14H,1,5,7,9,13,15H2/b22-19+. The second kappa shape index (κ2) is 6.12. The van der Waals surface area contributed by atoms with E-state index in [0.717, 1.165) is 41.8 Å². The number of anilines is 1. The van der Waals surface area contributed by atoms with Crippen LogP contribution in [0.25, 0.3) is 5.70 Å². The van der Waals surface area contributed by atoms with Crippen LogP contribution in [0.15, 0.2) is 72.3 Å². The van der Waals surface area contributed by atoms with Crippen LogP contribution in [-0.2, 0) is 11.2 Å². The third kappa shape index (κ3) is 2.48. The first-order valence-electron chi connectivity index (χ1n) is 8.63. The molecule has 1 saturated carbocycles. The van der Waals surface area contributed by atoms with Gasteiger partial charge in [0.1, 0.15) is 0 Å². The Kier molecular flexibility index (Phi) is 3.81. The maximum Gasteiger partial charge on any atom is 0.236 e. The minimum absolute atomic E-state index is 0.154. The Bertz CT molecular complexity index is 832. The summed E-state index contributed by atoms with van der Waals surface area (Å²) in [6, 6.07) is 18.4. The molecule has 2 heteroatoms. The Balaban J connectivity index is 1.93. The van der Waals surface area contributed by atoms with E-state index < -0.39 is 0 Å². The van der Waals surface area contributed by atoms with E-state index in [1.165, 1.54) is 17.6 Å². The van der Waals surface area contributed by atoms with Crippen molar-refractivity contribution in [3.63, 3.8) is 0 Å². The lowest BCUT2D eigenvalue weighted by molar-refractivity contribution is -0.116. The second-order valence-electron chi connectivity index (χ2n) is 6.54. The highest BCUT2D eigenvalue weighted by Crippen LogP contribution is 2.41. The molecule has 1 heterocycles. The van der Waals surface area contributed by atoms with Crippen molar-refractivity contribution >= 4 is 17.3 Å². The van der Waals surface area contributed by atoms with Crippen molar-refractivity contribution in [2.24, 2.45) is 0 Å². The van der Waals surface area contributed by atoms with E-state index >= 15 is 0 Å². The highest BCUT2D eigenvalue weighted by Gasteiger charge is 2.32. The van der Waals surface area contributed by atoms with E-state index in [1.807, 2.05) is 35.2 Å². The molecule has 0 spiro atoms. The maximum atomic E-state index is 12.9. The summed E-state index contributed by atoms with van der Waals surface area (Å²) in [6.45, 7) is 4.30. The molecule has 0 saturated heterocycles. The largest absolute Gasteiger partial charge is 0.280 e. The average Bonchev–Trinajstić information content (AvgIpc) is 2.94. The lowest BCUT2D eigenvalue weighted by Gasteiger charge is -2.28. The SMILES string of the molecule is C=C1CCCC/C1=C(/c1ccccc1)N1C(=O)Cc2ccccc21. The van der Waals surface area contributed by atoms with E-state index in [4.69, 9.17) is 0 Å². The number of carbonyl (C=O) groups is 1. The molecule has 0 radical (unpaired) electrons. The fraction of sp³-hybridized carbons (Fsp3) is 0.227. The zero-order valence-electron chi connectivity index (χ0n) is 13.8. The van der Waals surface area contributed by atoms with Crippen LogP contribution in [0.4, 0.5) is 5.69 Å². The minimum atomic E-state index is 0.154. The Morgan fingerprint density at radius 1 is 0.917 bits per heavy atom. The summed E-state index contributed by atoms with van der Waals surface area (Å²) in [5.74, 6) is 0.154. The number of rotatable bonds is 2. The van der Waals surface area contributed by atoms with Crippen molar-refractivity contribution < 1.29 is 4.79 Å². The fourth-order valence-corrected chi connectivity index (χ4v) is 3.79. The summed E-state index contributed by atoms with van der Waals surface area (Å²) in [5, 5.41) is 0. The molecule has 0 N–H and O–H groups in total. The van der Waals surface area contributed by atoms with Crippen LogP contribution < -0.4 is 4.90 Å². The number of para-hydroxylation sites is 1. The van der Waals surface area contributed by atoms with Gasteiger partial charge in [0.25, 0.3) is 0 Å². The lowest BCUT2D eigenvalue weighted by atomic mass is 9.87. The van der Waals surface area contributed by atoms with Gasteiger partial charge in [0.2, 0.25) is 5.91 Å². The molecular formula is C22H21NO. The molecule has 1 aliphatic carbocycles. The van der Waals surface area contributed by atoms with Crippen molar-refractivity contribution in [1.29, 1.82) is 0 Å². The van der Waals surface area contributed by atoms with Crippen molar-refractivity contribution in [2.45, 2.75) is 32.1 Å². The van der Waals surface area contributed by atoms with Gasteiger partial charge in [-0.2, -0.15) is 0 Å². The number of hydrogen-bond acceptors (Lipinski definition) is 1. The number of carbonyl (C=O) groups excluding carboxylic acids is 1. The molecule has 0 atom stereocenters. The van der Waals surface area contributed by atoms with Crippen molar-refractivity contribution in [3.8, 4) is 0 Å². The van der Waals surface area contributed by atoms with Crippen LogP contribution in [0.1, 0.15) is 36.8 Å². The van der Waals surface area contributed by atoms with Crippen LogP contribution in [0.5, 0.6) is 0 Å². The van der Waals surface area contributed by atoms with Gasteiger partial charge in [0, 0.05) is 0 Å². The van der Waals surface area contributed by atoms with Gasteiger partial charge in [0.05, 0.1) is 17.8 Å². The van der Waals surface area contributed by atoms with Gasteiger partial charge in [0.15, 0.2) is 0 Å². The lowest BCUT2D eigenvalue weighted by Crippen LogP contribution is -2.27. The monoisotopic (exact) mass is 315 g/mol. The minimum Gasteiger partial charge on any atom is -0.280 e. The number of amides is 1. The van der Waals surface area contributed by atoms with Gasteiger partial charge < -0.3 is 0 Å². The molecular weight excluding hydrogens is 294 g/mol. The molecule has 1 amide bonds. The zero-order valence-corrected chi connectivity index (χ0v) is 13.8. The summed E-state index contributed by atoms with van der Waals surface area (Å²) in [5.41, 5.74) is 6.69. The fourth-order valence-electron chi connectivity index (χ4n) is 3.79. The molecule has 120 valence electrons. The number of allylic oxidation sites excluding steroid dienone is 2. The summed E-state index contributed by atoms with van der Waals surface area (Å²) in [6.07, 6.45) is 4.85. The van der Waals surface area contributed by atoms with Crippen molar-refractivity contribution in [2.75, 3.05) is 4.90 Å². The van der Waals surface area contributed by atoms with E-state index in [0.29, 0.717) is 6.42 Å². The predicted molar refractivity (Wildman–Crippen MR) is 98.6 cm³/mol. The molecule has 1 aliphatic heterocycles. The van der Waals surface area contributed by atoms with Crippen LogP contribution >= 0.6 is 0 Å². The Morgan fingerprint density at radius 2 is 1.62 bits per heavy atom. The highest BCUT2D eigenvalue weighted by atomic mass is 16.2. The van der Waals surface area contributed by atoms with E-state index in [-0.39, 0.29) is 5.91 Å². The quantitative estimate of drug-likeness (QED) is 0.753. The van der Waals surface area contributed by atoms with E-state index in [2.05, 4.69) is 30.8 Å². The zero-order chi connectivity index (χ0) is 16.5. The molecule has 2 aromatic carbocycles. The Hall–Kier alpha value is -2.61. The van der Waals surface area contributed by atoms with Crippen LogP contribution in [0.3, 0.4) is 0 Å². The first-order chi connectivity index (χ1) is 11.8. The molecule has 24 heavy (non-hydrogen) atoms. The molecule has 0 unspecified atom stereocenters. The molecule has 2 nitrogen and oxygen atoms in total. The molecule has 4 rings (SSSR count). The summed E-state index contributed by atoms with van der Waals surface area (Å²) in [7, 11) is 0. The van der Waals surface area contributed by atoms with Crippen LogP contribution in [0.2, 0.25) is 0 Å². The number of fused-ring (bicyclic) bond motifs is 1. The maximum absolute atomic E-state index is 12.9. The first kappa shape index (κ1) is 14.9. The highest BCUT2D eigenvalue weighted by molar-refractivity contribution is 6.12. The van der Waals surface area contributed by atoms with Crippen LogP contribution in [-0.4, -0.2) is 5.91 Å². The molecule has 1 fully saturated rings. The molecule has 0 aromatic heterocycles. The average molecular weight is 315 g/mol. The number of nitrogens with zero attached hydrogens (tertiary/aromatic N) is 1. The summed E-state index contributed by atoms with van der Waals surface area (Å²) >= 11 is 0. The van der Waals surface area contributed by atoms with Gasteiger partial charge in [-0.3, -0.25) is 9.69 Å². The normalized spacial score (nSPS) is 19.4. The first-order valence-corrected chi connectivity index (χ1v) is 8.63. The third-order valence-electron chi connectivity index (χ3n) is 4.96. The third-order valence-corrected chi connectivity index (χ3v) is 4.96. The van der Waals surface area contributed by atoms with Gasteiger partial charge in [-0.15, -0.1) is 0 Å². The van der Waals surface area contributed by atoms with Crippen LogP contribution in [0, 0.1) is 0 Å². The summed E-state index contributed by atoms with van der Waals surface area (Å²) in [4.78, 5) is 14.8. The number of benzene rings is 2.